The van der Waals surface area contributed by atoms with Crippen LogP contribution in [0.4, 0.5) is 5.69 Å². The van der Waals surface area contributed by atoms with Crippen molar-refractivity contribution in [3.8, 4) is 0 Å². The molecule has 0 saturated heterocycles. The molecule has 1 aromatic heterocycles. The van der Waals surface area contributed by atoms with Gasteiger partial charge in [0, 0.05) is 5.69 Å². The van der Waals surface area contributed by atoms with Gasteiger partial charge in [0.05, 0.1) is 11.4 Å². The summed E-state index contributed by atoms with van der Waals surface area (Å²) in [4.78, 5) is 11.9. The van der Waals surface area contributed by atoms with E-state index < -0.39 is 32.5 Å². The summed E-state index contributed by atoms with van der Waals surface area (Å²) in [6.45, 7) is 2.89. The summed E-state index contributed by atoms with van der Waals surface area (Å²) in [5.74, 6) is -0.630. The third kappa shape index (κ3) is 4.86. The Bertz CT molecular complexity index is 997. The van der Waals surface area contributed by atoms with Crippen molar-refractivity contribution >= 4 is 43.0 Å². The third-order valence-electron chi connectivity index (χ3n) is 3.43. The summed E-state index contributed by atoms with van der Waals surface area (Å²) in [5.41, 5.74) is 1.53. The van der Waals surface area contributed by atoms with Crippen molar-refractivity contribution < 1.29 is 21.6 Å². The van der Waals surface area contributed by atoms with Gasteiger partial charge in [-0.05, 0) is 48.6 Å². The van der Waals surface area contributed by atoms with Crippen LogP contribution in [0.5, 0.6) is 0 Å². The molecule has 4 N–H and O–H groups in total. The highest BCUT2D eigenvalue weighted by molar-refractivity contribution is 7.91. The van der Waals surface area contributed by atoms with Crippen LogP contribution >= 0.6 is 11.3 Å². The smallest absolute Gasteiger partial charge is 0.250 e. The van der Waals surface area contributed by atoms with Gasteiger partial charge in [0.2, 0.25) is 15.9 Å². The van der Waals surface area contributed by atoms with Crippen molar-refractivity contribution in [1.29, 1.82) is 0 Å². The van der Waals surface area contributed by atoms with Gasteiger partial charge in [-0.3, -0.25) is 4.79 Å². The van der Waals surface area contributed by atoms with E-state index in [1.54, 1.807) is 25.3 Å². The molecule has 0 spiro atoms. The fraction of sp³-hybridized carbons (Fsp3) is 0.214. The van der Waals surface area contributed by atoms with Crippen LogP contribution < -0.4 is 15.2 Å². The van der Waals surface area contributed by atoms with E-state index in [0.29, 0.717) is 11.1 Å². The molecule has 0 aliphatic rings. The summed E-state index contributed by atoms with van der Waals surface area (Å²) in [7, 11) is -7.69. The van der Waals surface area contributed by atoms with Crippen molar-refractivity contribution in [3.63, 3.8) is 0 Å². The lowest BCUT2D eigenvalue weighted by Gasteiger charge is -2.13. The monoisotopic (exact) mass is 403 g/mol. The molecule has 1 heterocycles. The maximum Gasteiger partial charge on any atom is 0.250 e. The topological polar surface area (TPSA) is 135 Å². The molecule has 1 amide bonds. The SMILES string of the molecule is Cc1cc(S(N)(=O)=O)cc(NC(=O)CNS(=O)(=O)c2cccs2)c1C. The number of nitrogens with two attached hydrogens (primary N) is 1. The molecule has 0 aliphatic carbocycles. The molecule has 0 radical (unpaired) electrons. The number of carbonyl (C=O) groups is 1. The Labute approximate surface area is 150 Å². The van der Waals surface area contributed by atoms with E-state index in [1.165, 1.54) is 18.2 Å². The second kappa shape index (κ2) is 7.22. The molecule has 11 heteroatoms. The van der Waals surface area contributed by atoms with Crippen LogP contribution in [0.2, 0.25) is 0 Å². The first-order valence-corrected chi connectivity index (χ1v) is 10.9. The van der Waals surface area contributed by atoms with Crippen molar-refractivity contribution in [2.24, 2.45) is 5.14 Å². The second-order valence-electron chi connectivity index (χ2n) is 5.26. The van der Waals surface area contributed by atoms with E-state index in [9.17, 15) is 21.6 Å². The number of amides is 1. The predicted molar refractivity (Wildman–Crippen MR) is 95.4 cm³/mol. The first-order valence-electron chi connectivity index (χ1n) is 6.98. The zero-order valence-electron chi connectivity index (χ0n) is 13.4. The normalized spacial score (nSPS) is 12.1. The minimum absolute atomic E-state index is 0.101. The molecule has 0 unspecified atom stereocenters. The summed E-state index contributed by atoms with van der Waals surface area (Å²) in [6.07, 6.45) is 0. The molecule has 136 valence electrons. The van der Waals surface area contributed by atoms with Crippen molar-refractivity contribution in [2.75, 3.05) is 11.9 Å². The summed E-state index contributed by atoms with van der Waals surface area (Å²) in [6, 6.07) is 5.65. The molecule has 1 aromatic carbocycles. The Morgan fingerprint density at radius 3 is 2.44 bits per heavy atom. The largest absolute Gasteiger partial charge is 0.325 e. The number of anilines is 1. The van der Waals surface area contributed by atoms with E-state index in [1.807, 2.05) is 0 Å². The lowest BCUT2D eigenvalue weighted by Crippen LogP contribution is -2.32. The molecular formula is C14H17N3O5S3. The highest BCUT2D eigenvalue weighted by Crippen LogP contribution is 2.23. The fourth-order valence-electron chi connectivity index (χ4n) is 1.96. The molecule has 2 rings (SSSR count). The predicted octanol–water partition coefficient (Wildman–Crippen LogP) is 0.929. The average molecular weight is 404 g/mol. The third-order valence-corrected chi connectivity index (χ3v) is 7.12. The maximum atomic E-state index is 12.0. The number of sulfonamides is 2. The Morgan fingerprint density at radius 2 is 1.88 bits per heavy atom. The van der Waals surface area contributed by atoms with Crippen molar-refractivity contribution in [1.82, 2.24) is 4.72 Å². The van der Waals surface area contributed by atoms with Crippen molar-refractivity contribution in [2.45, 2.75) is 23.0 Å². The first kappa shape index (κ1) is 19.5. The summed E-state index contributed by atoms with van der Waals surface area (Å²) >= 11 is 1.03. The van der Waals surface area contributed by atoms with Crippen molar-refractivity contribution in [3.05, 3.63) is 40.8 Å². The number of thiophene rings is 1. The zero-order chi connectivity index (χ0) is 18.8. The van der Waals surface area contributed by atoms with Crippen LogP contribution in [0.1, 0.15) is 11.1 Å². The average Bonchev–Trinajstić information content (AvgIpc) is 3.04. The Kier molecular flexibility index (Phi) is 5.64. The van der Waals surface area contributed by atoms with Gasteiger partial charge in [0.1, 0.15) is 4.21 Å². The maximum absolute atomic E-state index is 12.0. The van der Waals surface area contributed by atoms with Crippen LogP contribution in [-0.4, -0.2) is 29.3 Å². The van der Waals surface area contributed by atoms with Crippen LogP contribution in [0.15, 0.2) is 38.8 Å². The molecule has 2 aromatic rings. The lowest BCUT2D eigenvalue weighted by molar-refractivity contribution is -0.115. The van der Waals surface area contributed by atoms with Crippen LogP contribution in [0.3, 0.4) is 0 Å². The van der Waals surface area contributed by atoms with Gasteiger partial charge >= 0.3 is 0 Å². The number of aryl methyl sites for hydroxylation is 1. The number of nitrogens with one attached hydrogen (secondary N) is 2. The van der Waals surface area contributed by atoms with E-state index in [4.69, 9.17) is 5.14 Å². The van der Waals surface area contributed by atoms with Gasteiger partial charge in [-0.15, -0.1) is 11.3 Å². The highest BCUT2D eigenvalue weighted by atomic mass is 32.2. The van der Waals surface area contributed by atoms with E-state index in [2.05, 4.69) is 10.0 Å². The number of primary sulfonamides is 1. The van der Waals surface area contributed by atoms with Gasteiger partial charge < -0.3 is 5.32 Å². The molecule has 25 heavy (non-hydrogen) atoms. The molecule has 0 fully saturated rings. The van der Waals surface area contributed by atoms with E-state index in [0.717, 1.165) is 11.3 Å². The number of hydrogen-bond donors (Lipinski definition) is 3. The number of benzene rings is 1. The number of rotatable bonds is 6. The molecule has 0 aliphatic heterocycles. The molecular weight excluding hydrogens is 386 g/mol. The standard InChI is InChI=1S/C14H17N3O5S3/c1-9-6-11(24(15,19)20)7-12(10(9)2)17-13(18)8-16-25(21,22)14-4-3-5-23-14/h3-7,16H,8H2,1-2H3,(H,17,18)(H2,15,19,20). The fourth-order valence-corrected chi connectivity index (χ4v) is 4.61. The van der Waals surface area contributed by atoms with E-state index >= 15 is 0 Å². The zero-order valence-corrected chi connectivity index (χ0v) is 15.9. The van der Waals surface area contributed by atoms with Crippen LogP contribution in [0.25, 0.3) is 0 Å². The molecule has 8 nitrogen and oxygen atoms in total. The Morgan fingerprint density at radius 1 is 1.20 bits per heavy atom. The van der Waals surface area contributed by atoms with Gasteiger partial charge in [0.25, 0.3) is 10.0 Å². The van der Waals surface area contributed by atoms with Gasteiger partial charge in [0.15, 0.2) is 0 Å². The highest BCUT2D eigenvalue weighted by Gasteiger charge is 2.18. The van der Waals surface area contributed by atoms with Crippen LogP contribution in [-0.2, 0) is 24.8 Å². The Balaban J connectivity index is 2.15. The van der Waals surface area contributed by atoms with Gasteiger partial charge in [-0.25, -0.2) is 26.7 Å². The summed E-state index contributed by atoms with van der Waals surface area (Å²) in [5, 5.41) is 9.22. The van der Waals surface area contributed by atoms with E-state index in [-0.39, 0.29) is 14.8 Å². The van der Waals surface area contributed by atoms with Gasteiger partial charge in [-0.1, -0.05) is 6.07 Å². The van der Waals surface area contributed by atoms with Gasteiger partial charge in [-0.2, -0.15) is 0 Å². The molecule has 0 bridgehead atoms. The second-order valence-corrected chi connectivity index (χ2v) is 9.77. The lowest BCUT2D eigenvalue weighted by atomic mass is 10.1. The minimum atomic E-state index is -3.93. The summed E-state index contributed by atoms with van der Waals surface area (Å²) < 4.78 is 49.2. The van der Waals surface area contributed by atoms with Crippen LogP contribution in [0, 0.1) is 13.8 Å². The number of carbonyl (C=O) groups excluding carboxylic acids is 1. The Hall–Kier alpha value is -1.79. The molecule has 0 atom stereocenters. The quantitative estimate of drug-likeness (QED) is 0.659. The molecule has 0 saturated carbocycles. The number of hydrogen-bond acceptors (Lipinski definition) is 6. The minimum Gasteiger partial charge on any atom is -0.325 e. The first-order chi connectivity index (χ1) is 11.5.